The number of hydrogen-bond donors (Lipinski definition) is 1. The van der Waals surface area contributed by atoms with E-state index in [-0.39, 0.29) is 40.4 Å². The molecular weight excluding hydrogens is 620 g/mol. The quantitative estimate of drug-likeness (QED) is 0.226. The van der Waals surface area contributed by atoms with E-state index in [4.69, 9.17) is 11.6 Å². The Morgan fingerprint density at radius 1 is 0.682 bits per heavy atom. The molecule has 1 N–H and O–H groups in total. The summed E-state index contributed by atoms with van der Waals surface area (Å²) < 4.78 is 59.0. The summed E-state index contributed by atoms with van der Waals surface area (Å²) in [5, 5.41) is 9.83. The average molecular weight is 659 g/mol. The van der Waals surface area contributed by atoms with Crippen molar-refractivity contribution in [1.29, 1.82) is 0 Å². The van der Waals surface area contributed by atoms with Gasteiger partial charge in [-0.2, -0.15) is 8.61 Å². The highest BCUT2D eigenvalue weighted by atomic mass is 35.5. The number of carboxylic acid groups (broad SMARTS) is 1. The van der Waals surface area contributed by atoms with Crippen molar-refractivity contribution in [3.63, 3.8) is 0 Å². The summed E-state index contributed by atoms with van der Waals surface area (Å²) in [6.45, 7) is 0.648. The Morgan fingerprint density at radius 3 is 1.75 bits per heavy atom. The Kier molecular flexibility index (Phi) is 10.5. The molecule has 8 nitrogen and oxygen atoms in total. The van der Waals surface area contributed by atoms with Crippen LogP contribution < -0.4 is 0 Å². The molecule has 2 saturated carbocycles. The van der Waals surface area contributed by atoms with E-state index >= 15 is 0 Å². The molecule has 0 heterocycles. The molecule has 236 valence electrons. The first-order valence-corrected chi connectivity index (χ1v) is 18.5. The van der Waals surface area contributed by atoms with Crippen molar-refractivity contribution in [2.45, 2.75) is 86.7 Å². The lowest BCUT2D eigenvalue weighted by Crippen LogP contribution is -2.38. The standard InChI is InChI=1S/C33H39ClN2O6S2/c34-29-16-12-27(13-17-29)24-36(30-8-4-5-9-30)44(41,42)32-20-18-31(19-21-32)43(39,40)35(22-25-6-2-1-3-7-25)23-26-10-14-28(15-11-26)33(37)38/h10-21,25,30H,1-9,22-24H2,(H,37,38). The maximum Gasteiger partial charge on any atom is 0.335 e. The van der Waals surface area contributed by atoms with E-state index in [0.717, 1.165) is 63.4 Å². The molecule has 0 aromatic heterocycles. The van der Waals surface area contributed by atoms with E-state index in [9.17, 15) is 26.7 Å². The molecule has 0 atom stereocenters. The predicted octanol–water partition coefficient (Wildman–Crippen LogP) is 6.94. The number of benzene rings is 3. The van der Waals surface area contributed by atoms with Crippen LogP contribution in [0.4, 0.5) is 0 Å². The number of aromatic carboxylic acids is 1. The van der Waals surface area contributed by atoms with E-state index in [1.165, 1.54) is 40.7 Å². The summed E-state index contributed by atoms with van der Waals surface area (Å²) >= 11 is 6.05. The lowest BCUT2D eigenvalue weighted by Gasteiger charge is -2.30. The molecule has 11 heteroatoms. The Morgan fingerprint density at radius 2 is 1.18 bits per heavy atom. The molecular formula is C33H39ClN2O6S2. The molecule has 0 saturated heterocycles. The van der Waals surface area contributed by atoms with Crippen molar-refractivity contribution in [3.05, 3.63) is 94.5 Å². The van der Waals surface area contributed by atoms with Crippen molar-refractivity contribution < 1.29 is 26.7 Å². The number of halogens is 1. The first-order valence-electron chi connectivity index (χ1n) is 15.2. The minimum absolute atomic E-state index is 0.0273. The van der Waals surface area contributed by atoms with Gasteiger partial charge in [0, 0.05) is 30.7 Å². The summed E-state index contributed by atoms with van der Waals surface area (Å²) in [5.74, 6) is -0.817. The highest BCUT2D eigenvalue weighted by Gasteiger charge is 2.34. The summed E-state index contributed by atoms with van der Waals surface area (Å²) in [4.78, 5) is 11.4. The van der Waals surface area contributed by atoms with Crippen LogP contribution in [0.1, 0.15) is 79.3 Å². The second-order valence-corrected chi connectivity index (χ2v) is 16.2. The van der Waals surface area contributed by atoms with Gasteiger partial charge < -0.3 is 5.11 Å². The number of carboxylic acids is 1. The lowest BCUT2D eigenvalue weighted by atomic mass is 9.89. The molecule has 2 aliphatic rings. The second kappa shape index (κ2) is 14.1. The molecule has 3 aromatic rings. The molecule has 0 aliphatic heterocycles. The minimum atomic E-state index is -3.98. The Bertz CT molecular complexity index is 1630. The van der Waals surface area contributed by atoms with E-state index in [1.54, 1.807) is 28.6 Å². The van der Waals surface area contributed by atoms with Crippen molar-refractivity contribution in [2.75, 3.05) is 6.54 Å². The minimum Gasteiger partial charge on any atom is -0.478 e. The van der Waals surface area contributed by atoms with Crippen LogP contribution in [-0.2, 0) is 33.1 Å². The zero-order valence-electron chi connectivity index (χ0n) is 24.6. The van der Waals surface area contributed by atoms with E-state index < -0.39 is 26.0 Å². The zero-order valence-corrected chi connectivity index (χ0v) is 27.0. The Balaban J connectivity index is 1.41. The fourth-order valence-corrected chi connectivity index (χ4v) is 9.61. The molecule has 5 rings (SSSR count). The van der Waals surface area contributed by atoms with Gasteiger partial charge in [0.1, 0.15) is 0 Å². The van der Waals surface area contributed by atoms with Crippen LogP contribution in [0, 0.1) is 5.92 Å². The average Bonchev–Trinajstić information content (AvgIpc) is 3.56. The fraction of sp³-hybridized carbons (Fsp3) is 0.424. The van der Waals surface area contributed by atoms with Crippen molar-refractivity contribution in [2.24, 2.45) is 5.92 Å². The van der Waals surface area contributed by atoms with E-state index in [2.05, 4.69) is 0 Å². The Labute approximate surface area is 265 Å². The monoisotopic (exact) mass is 658 g/mol. The largest absolute Gasteiger partial charge is 0.478 e. The van der Waals surface area contributed by atoms with Gasteiger partial charge in [0.05, 0.1) is 15.4 Å². The lowest BCUT2D eigenvalue weighted by molar-refractivity contribution is 0.0696. The molecule has 3 aromatic carbocycles. The summed E-state index contributed by atoms with van der Waals surface area (Å²) in [6.07, 6.45) is 8.65. The maximum absolute atomic E-state index is 14.0. The smallest absolute Gasteiger partial charge is 0.335 e. The topological polar surface area (TPSA) is 112 Å². The van der Waals surface area contributed by atoms with Crippen molar-refractivity contribution >= 4 is 37.6 Å². The van der Waals surface area contributed by atoms with Crippen LogP contribution in [0.3, 0.4) is 0 Å². The van der Waals surface area contributed by atoms with Crippen molar-refractivity contribution in [3.8, 4) is 0 Å². The number of carbonyl (C=O) groups is 1. The van der Waals surface area contributed by atoms with Gasteiger partial charge >= 0.3 is 5.97 Å². The molecule has 0 unspecified atom stereocenters. The van der Waals surface area contributed by atoms with Gasteiger partial charge in [-0.25, -0.2) is 21.6 Å². The summed E-state index contributed by atoms with van der Waals surface area (Å²) in [5.41, 5.74) is 1.65. The highest BCUT2D eigenvalue weighted by Crippen LogP contribution is 2.32. The first kappa shape index (κ1) is 32.6. The van der Waals surface area contributed by atoms with Crippen LogP contribution in [0.15, 0.2) is 82.6 Å². The normalized spacial score (nSPS) is 17.0. The third-order valence-electron chi connectivity index (χ3n) is 8.80. The van der Waals surface area contributed by atoms with E-state index in [0.29, 0.717) is 17.1 Å². The molecule has 0 radical (unpaired) electrons. The van der Waals surface area contributed by atoms with Crippen LogP contribution in [0.25, 0.3) is 0 Å². The second-order valence-electron chi connectivity index (χ2n) is 11.9. The number of nitrogens with zero attached hydrogens (tertiary/aromatic N) is 2. The van der Waals surface area contributed by atoms with Gasteiger partial charge in [-0.15, -0.1) is 0 Å². The summed E-state index contributed by atoms with van der Waals surface area (Å²) in [7, 11) is -7.89. The Hall–Kier alpha value is -2.76. The van der Waals surface area contributed by atoms with Gasteiger partial charge in [-0.3, -0.25) is 0 Å². The van der Waals surface area contributed by atoms with Gasteiger partial charge in [0.15, 0.2) is 0 Å². The van der Waals surface area contributed by atoms with Gasteiger partial charge in [-0.05, 0) is 91.3 Å². The SMILES string of the molecule is O=C(O)c1ccc(CN(CC2CCCCC2)S(=O)(=O)c2ccc(S(=O)(=O)N(Cc3ccc(Cl)cc3)C3CCCC3)cc2)cc1. The van der Waals surface area contributed by atoms with Gasteiger partial charge in [0.25, 0.3) is 0 Å². The van der Waals surface area contributed by atoms with Crippen LogP contribution >= 0.6 is 11.6 Å². The number of rotatable bonds is 12. The third kappa shape index (κ3) is 7.72. The molecule has 2 fully saturated rings. The van der Waals surface area contributed by atoms with E-state index in [1.807, 2.05) is 12.1 Å². The number of hydrogen-bond acceptors (Lipinski definition) is 5. The zero-order chi connectivity index (χ0) is 31.3. The molecule has 44 heavy (non-hydrogen) atoms. The first-order chi connectivity index (χ1) is 21.0. The van der Waals surface area contributed by atoms with Crippen LogP contribution in [0.5, 0.6) is 0 Å². The molecule has 0 bridgehead atoms. The fourth-order valence-electron chi connectivity index (χ4n) is 6.30. The van der Waals surface area contributed by atoms with Gasteiger partial charge in [-0.1, -0.05) is 68.0 Å². The predicted molar refractivity (Wildman–Crippen MR) is 170 cm³/mol. The number of sulfonamides is 2. The maximum atomic E-state index is 14.0. The van der Waals surface area contributed by atoms with Crippen molar-refractivity contribution in [1.82, 2.24) is 8.61 Å². The molecule has 2 aliphatic carbocycles. The molecule has 0 amide bonds. The third-order valence-corrected chi connectivity index (χ3v) is 12.8. The summed E-state index contributed by atoms with van der Waals surface area (Å²) in [6, 6.07) is 18.8. The molecule has 0 spiro atoms. The van der Waals surface area contributed by atoms with Crippen LogP contribution in [0.2, 0.25) is 5.02 Å². The van der Waals surface area contributed by atoms with Crippen LogP contribution in [-0.4, -0.2) is 49.1 Å². The highest BCUT2D eigenvalue weighted by molar-refractivity contribution is 7.89. The van der Waals surface area contributed by atoms with Gasteiger partial charge in [0.2, 0.25) is 20.0 Å².